The Labute approximate surface area is 185 Å². The Balaban J connectivity index is 1.51. The number of nitrogens with one attached hydrogen (secondary N) is 2. The van der Waals surface area contributed by atoms with Crippen LogP contribution in [0, 0.1) is 0 Å². The summed E-state index contributed by atoms with van der Waals surface area (Å²) < 4.78 is 12.7. The van der Waals surface area contributed by atoms with Crippen molar-refractivity contribution in [2.24, 2.45) is 0 Å². The van der Waals surface area contributed by atoms with Crippen molar-refractivity contribution in [2.45, 2.75) is 11.7 Å². The van der Waals surface area contributed by atoms with E-state index in [9.17, 15) is 4.79 Å². The molecule has 0 saturated carbocycles. The summed E-state index contributed by atoms with van der Waals surface area (Å²) in [4.78, 5) is 16.1. The number of imidazole rings is 1. The van der Waals surface area contributed by atoms with Crippen molar-refractivity contribution in [3.8, 4) is 11.5 Å². The van der Waals surface area contributed by atoms with Crippen molar-refractivity contribution in [2.75, 3.05) is 25.3 Å². The number of fused-ring (bicyclic) bond motifs is 1. The fourth-order valence-corrected chi connectivity index (χ4v) is 4.20. The highest BCUT2D eigenvalue weighted by molar-refractivity contribution is 7.99. The molecule has 3 aromatic carbocycles. The summed E-state index contributed by atoms with van der Waals surface area (Å²) in [5, 5.41) is 3.86. The number of nitrogens with zero attached hydrogens (tertiary/aromatic N) is 1. The fraction of sp³-hybridized carbons (Fsp3) is 0.167. The number of aromatic nitrogens is 2. The molecule has 7 heteroatoms. The predicted octanol–water partition coefficient (Wildman–Crippen LogP) is 4.25. The van der Waals surface area contributed by atoms with Gasteiger partial charge in [0.05, 0.1) is 20.0 Å². The molecule has 1 amide bonds. The molecule has 0 atom stereocenters. The average Bonchev–Trinajstić information content (AvgIpc) is 3.15. The number of methoxy groups -OCH3 is 2. The molecule has 158 valence electrons. The van der Waals surface area contributed by atoms with Gasteiger partial charge in [0.1, 0.15) is 18.0 Å². The van der Waals surface area contributed by atoms with Gasteiger partial charge in [-0.2, -0.15) is 0 Å². The predicted molar refractivity (Wildman–Crippen MR) is 123 cm³/mol. The third-order valence-corrected chi connectivity index (χ3v) is 5.84. The second-order valence-electron chi connectivity index (χ2n) is 6.96. The molecule has 0 saturated heterocycles. The van der Waals surface area contributed by atoms with Crippen molar-refractivity contribution in [3.63, 3.8) is 0 Å². The largest absolute Gasteiger partial charge is 0.497 e. The summed E-state index contributed by atoms with van der Waals surface area (Å²) in [5.41, 5.74) is 3.98. The van der Waals surface area contributed by atoms with Gasteiger partial charge in [-0.1, -0.05) is 42.5 Å². The first kappa shape index (κ1) is 20.8. The molecule has 4 rings (SSSR count). The first-order valence-electron chi connectivity index (χ1n) is 9.86. The molecule has 0 unspecified atom stereocenters. The van der Waals surface area contributed by atoms with Crippen LogP contribution >= 0.6 is 11.8 Å². The Kier molecular flexibility index (Phi) is 6.43. The highest BCUT2D eigenvalue weighted by atomic mass is 32.2. The molecule has 1 aromatic heterocycles. The van der Waals surface area contributed by atoms with E-state index in [1.165, 1.54) is 17.3 Å². The lowest BCUT2D eigenvalue weighted by Gasteiger charge is -2.09. The lowest BCUT2D eigenvalue weighted by Crippen LogP contribution is -2.35. The number of H-pyrrole nitrogens is 1. The van der Waals surface area contributed by atoms with Crippen molar-refractivity contribution in [1.29, 1.82) is 0 Å². The highest BCUT2D eigenvalue weighted by Crippen LogP contribution is 2.26. The maximum Gasteiger partial charge on any atom is 0.317 e. The van der Waals surface area contributed by atoms with Gasteiger partial charge < -0.3 is 14.8 Å². The molecule has 31 heavy (non-hydrogen) atoms. The third kappa shape index (κ3) is 5.00. The molecule has 0 aliphatic carbocycles. The van der Waals surface area contributed by atoms with Crippen LogP contribution in [0.3, 0.4) is 0 Å². The minimum atomic E-state index is -0.106. The van der Waals surface area contributed by atoms with Crippen LogP contribution in [0.15, 0.2) is 78.0 Å². The summed E-state index contributed by atoms with van der Waals surface area (Å²) in [6.07, 6.45) is 0. The summed E-state index contributed by atoms with van der Waals surface area (Å²) in [5.74, 6) is 1.41. The molecular weight excluding hydrogens is 410 g/mol. The molecule has 0 bridgehead atoms. The van der Waals surface area contributed by atoms with Gasteiger partial charge >= 0.3 is 5.16 Å². The Morgan fingerprint density at radius 2 is 1.65 bits per heavy atom. The van der Waals surface area contributed by atoms with Gasteiger partial charge in [0, 0.05) is 23.9 Å². The fourth-order valence-electron chi connectivity index (χ4n) is 3.35. The lowest BCUT2D eigenvalue weighted by molar-refractivity contribution is -0.700. The summed E-state index contributed by atoms with van der Waals surface area (Å²) in [6, 6.07) is 23.7. The van der Waals surface area contributed by atoms with E-state index in [0.29, 0.717) is 17.2 Å². The minimum absolute atomic E-state index is 0.106. The van der Waals surface area contributed by atoms with Gasteiger partial charge in [-0.05, 0) is 29.5 Å². The zero-order valence-corrected chi connectivity index (χ0v) is 18.2. The van der Waals surface area contributed by atoms with Gasteiger partial charge in [0.15, 0.2) is 11.0 Å². The van der Waals surface area contributed by atoms with E-state index in [2.05, 4.69) is 33.1 Å². The monoisotopic (exact) mass is 434 g/mol. The normalized spacial score (nSPS) is 10.8. The summed E-state index contributed by atoms with van der Waals surface area (Å²) >= 11 is 1.47. The van der Waals surface area contributed by atoms with Crippen LogP contribution in [0.25, 0.3) is 11.0 Å². The molecule has 4 aromatic rings. The second-order valence-corrected chi connectivity index (χ2v) is 7.92. The highest BCUT2D eigenvalue weighted by Gasteiger charge is 2.20. The third-order valence-electron chi connectivity index (χ3n) is 4.84. The molecule has 0 aliphatic heterocycles. The average molecular weight is 435 g/mol. The molecule has 2 N–H and O–H groups in total. The number of hydrogen-bond acceptors (Lipinski definition) is 4. The number of hydrogen-bond donors (Lipinski definition) is 2. The van der Waals surface area contributed by atoms with Crippen molar-refractivity contribution >= 4 is 34.4 Å². The SMILES string of the molecule is COc1cc(NC(=O)CSc2[nH]c3ccccc3[n+]2Cc2ccccc2)cc(OC)c1. The van der Waals surface area contributed by atoms with Crippen LogP contribution in [0.5, 0.6) is 11.5 Å². The van der Waals surface area contributed by atoms with E-state index in [-0.39, 0.29) is 11.7 Å². The molecular formula is C24H24N3O3S+. The smallest absolute Gasteiger partial charge is 0.317 e. The number of para-hydroxylation sites is 2. The minimum Gasteiger partial charge on any atom is -0.497 e. The van der Waals surface area contributed by atoms with E-state index in [4.69, 9.17) is 9.47 Å². The first-order valence-corrected chi connectivity index (χ1v) is 10.8. The van der Waals surface area contributed by atoms with Crippen molar-refractivity contribution in [3.05, 3.63) is 78.4 Å². The topological polar surface area (TPSA) is 67.2 Å². The van der Waals surface area contributed by atoms with Crippen LogP contribution in [0.1, 0.15) is 5.56 Å². The van der Waals surface area contributed by atoms with E-state index < -0.39 is 0 Å². The van der Waals surface area contributed by atoms with E-state index in [0.717, 1.165) is 22.7 Å². The number of amides is 1. The van der Waals surface area contributed by atoms with Gasteiger partial charge in [0.25, 0.3) is 0 Å². The molecule has 0 fully saturated rings. The number of thioether (sulfide) groups is 1. The Bertz CT molecular complexity index is 1170. The quantitative estimate of drug-likeness (QED) is 0.321. The number of carbonyl (C=O) groups is 1. The Hall–Kier alpha value is -3.45. The van der Waals surface area contributed by atoms with E-state index in [1.807, 2.05) is 36.4 Å². The first-order chi connectivity index (χ1) is 15.2. The molecule has 0 aliphatic rings. The number of anilines is 1. The maximum atomic E-state index is 12.6. The molecule has 1 heterocycles. The van der Waals surface area contributed by atoms with Crippen LogP contribution < -0.4 is 19.4 Å². The zero-order valence-electron chi connectivity index (χ0n) is 17.4. The van der Waals surface area contributed by atoms with E-state index in [1.54, 1.807) is 32.4 Å². The number of ether oxygens (including phenoxy) is 2. The van der Waals surface area contributed by atoms with Crippen LogP contribution in [0.4, 0.5) is 5.69 Å². The molecule has 0 radical (unpaired) electrons. The van der Waals surface area contributed by atoms with Crippen LogP contribution in [0.2, 0.25) is 0 Å². The molecule has 0 spiro atoms. The van der Waals surface area contributed by atoms with Gasteiger partial charge in [-0.3, -0.25) is 4.79 Å². The number of rotatable bonds is 8. The Morgan fingerprint density at radius 3 is 2.35 bits per heavy atom. The zero-order chi connectivity index (χ0) is 21.6. The van der Waals surface area contributed by atoms with Gasteiger partial charge in [-0.15, -0.1) is 0 Å². The lowest BCUT2D eigenvalue weighted by atomic mass is 10.2. The van der Waals surface area contributed by atoms with Crippen LogP contribution in [-0.2, 0) is 11.3 Å². The Morgan fingerprint density at radius 1 is 0.968 bits per heavy atom. The van der Waals surface area contributed by atoms with Crippen LogP contribution in [-0.4, -0.2) is 30.9 Å². The van der Waals surface area contributed by atoms with Crippen molar-refractivity contribution < 1.29 is 18.8 Å². The van der Waals surface area contributed by atoms with Gasteiger partial charge in [-0.25, -0.2) is 9.55 Å². The number of benzene rings is 3. The maximum absolute atomic E-state index is 12.6. The van der Waals surface area contributed by atoms with E-state index >= 15 is 0 Å². The summed E-state index contributed by atoms with van der Waals surface area (Å²) in [6.45, 7) is 0.724. The van der Waals surface area contributed by atoms with Crippen molar-refractivity contribution in [1.82, 2.24) is 4.98 Å². The number of carbonyl (C=O) groups excluding carboxylic acids is 1. The number of aromatic amines is 1. The molecule has 6 nitrogen and oxygen atoms in total. The second kappa shape index (κ2) is 9.57. The van der Waals surface area contributed by atoms with Gasteiger partial charge in [0.2, 0.25) is 5.91 Å². The summed E-state index contributed by atoms with van der Waals surface area (Å²) in [7, 11) is 3.16. The standard InChI is InChI=1S/C24H23N3O3S/c1-29-19-12-18(13-20(14-19)30-2)25-23(28)16-31-24-26-21-10-6-7-11-22(21)27(24)15-17-8-4-3-5-9-17/h3-14H,15-16H2,1-2H3,(H,25,28)/p+1.